The van der Waals surface area contributed by atoms with E-state index in [1.54, 1.807) is 0 Å². The highest BCUT2D eigenvalue weighted by molar-refractivity contribution is 5.83. The quantitative estimate of drug-likeness (QED) is 0.740. The first-order valence-electron chi connectivity index (χ1n) is 6.10. The molecule has 1 unspecified atom stereocenters. The highest BCUT2D eigenvalue weighted by atomic mass is 16.3. The molecule has 1 aromatic rings. The molecule has 2 N–H and O–H groups in total. The SMILES string of the molecule is CC(C)C(C(=O)NCCCO)c1ccccc1. The average Bonchev–Trinajstić information content (AvgIpc) is 2.30. The van der Waals surface area contributed by atoms with Crippen molar-refractivity contribution in [3.05, 3.63) is 35.9 Å². The van der Waals surface area contributed by atoms with Gasteiger partial charge in [0, 0.05) is 13.2 Å². The predicted octanol–water partition coefficient (Wildman–Crippen LogP) is 1.92. The Morgan fingerprint density at radius 3 is 2.47 bits per heavy atom. The van der Waals surface area contributed by atoms with Gasteiger partial charge in [0.05, 0.1) is 5.92 Å². The Labute approximate surface area is 103 Å². The molecule has 0 heterocycles. The van der Waals surface area contributed by atoms with Crippen LogP contribution in [0.3, 0.4) is 0 Å². The second kappa shape index (κ2) is 7.07. The molecule has 0 saturated heterocycles. The number of nitrogens with one attached hydrogen (secondary N) is 1. The number of carbonyl (C=O) groups excluding carboxylic acids is 1. The van der Waals surface area contributed by atoms with Crippen LogP contribution in [0.2, 0.25) is 0 Å². The second-order valence-corrected chi connectivity index (χ2v) is 4.50. The van der Waals surface area contributed by atoms with Crippen molar-refractivity contribution in [2.75, 3.05) is 13.2 Å². The van der Waals surface area contributed by atoms with Gasteiger partial charge in [0.2, 0.25) is 5.91 Å². The van der Waals surface area contributed by atoms with E-state index < -0.39 is 0 Å². The van der Waals surface area contributed by atoms with E-state index >= 15 is 0 Å². The van der Waals surface area contributed by atoms with Crippen molar-refractivity contribution in [1.29, 1.82) is 0 Å². The molecule has 0 aliphatic heterocycles. The zero-order valence-electron chi connectivity index (χ0n) is 10.5. The Kier molecular flexibility index (Phi) is 5.70. The molecule has 0 bridgehead atoms. The van der Waals surface area contributed by atoms with Crippen molar-refractivity contribution >= 4 is 5.91 Å². The molecule has 0 aromatic heterocycles. The minimum atomic E-state index is -0.116. The summed E-state index contributed by atoms with van der Waals surface area (Å²) in [4.78, 5) is 12.1. The first-order chi connectivity index (χ1) is 8.16. The monoisotopic (exact) mass is 235 g/mol. The Morgan fingerprint density at radius 2 is 1.94 bits per heavy atom. The van der Waals surface area contributed by atoms with Crippen LogP contribution in [0.25, 0.3) is 0 Å². The zero-order chi connectivity index (χ0) is 12.7. The van der Waals surface area contributed by atoms with Crippen LogP contribution in [0, 0.1) is 5.92 Å². The van der Waals surface area contributed by atoms with Crippen LogP contribution >= 0.6 is 0 Å². The van der Waals surface area contributed by atoms with Crippen molar-refractivity contribution < 1.29 is 9.90 Å². The Balaban J connectivity index is 2.70. The fourth-order valence-corrected chi connectivity index (χ4v) is 1.90. The minimum Gasteiger partial charge on any atom is -0.396 e. The fraction of sp³-hybridized carbons (Fsp3) is 0.500. The fourth-order valence-electron chi connectivity index (χ4n) is 1.90. The van der Waals surface area contributed by atoms with E-state index in [0.717, 1.165) is 5.56 Å². The zero-order valence-corrected chi connectivity index (χ0v) is 10.5. The smallest absolute Gasteiger partial charge is 0.227 e. The molecule has 0 fully saturated rings. The van der Waals surface area contributed by atoms with Gasteiger partial charge in [0.1, 0.15) is 0 Å². The molecule has 3 nitrogen and oxygen atoms in total. The summed E-state index contributed by atoms with van der Waals surface area (Å²) in [5, 5.41) is 11.6. The van der Waals surface area contributed by atoms with E-state index in [2.05, 4.69) is 5.32 Å². The molecule has 0 radical (unpaired) electrons. The number of rotatable bonds is 6. The Bertz CT molecular complexity index is 335. The van der Waals surface area contributed by atoms with Gasteiger partial charge < -0.3 is 10.4 Å². The number of aliphatic hydroxyl groups excluding tert-OH is 1. The second-order valence-electron chi connectivity index (χ2n) is 4.50. The predicted molar refractivity (Wildman–Crippen MR) is 68.7 cm³/mol. The van der Waals surface area contributed by atoms with Gasteiger partial charge in [-0.2, -0.15) is 0 Å². The van der Waals surface area contributed by atoms with Crippen molar-refractivity contribution in [1.82, 2.24) is 5.32 Å². The Morgan fingerprint density at radius 1 is 1.29 bits per heavy atom. The molecule has 1 rings (SSSR count). The molecule has 1 aromatic carbocycles. The van der Waals surface area contributed by atoms with Gasteiger partial charge in [-0.05, 0) is 17.9 Å². The van der Waals surface area contributed by atoms with E-state index in [9.17, 15) is 4.79 Å². The third-order valence-corrected chi connectivity index (χ3v) is 2.74. The summed E-state index contributed by atoms with van der Waals surface area (Å²) in [6.07, 6.45) is 0.603. The topological polar surface area (TPSA) is 49.3 Å². The van der Waals surface area contributed by atoms with Gasteiger partial charge in [-0.1, -0.05) is 44.2 Å². The number of hydrogen-bond donors (Lipinski definition) is 2. The maximum absolute atomic E-state index is 12.1. The molecule has 94 valence electrons. The Hall–Kier alpha value is -1.35. The van der Waals surface area contributed by atoms with Crippen molar-refractivity contribution in [2.45, 2.75) is 26.2 Å². The van der Waals surface area contributed by atoms with E-state index in [0.29, 0.717) is 13.0 Å². The van der Waals surface area contributed by atoms with Gasteiger partial charge in [0.25, 0.3) is 0 Å². The maximum Gasteiger partial charge on any atom is 0.227 e. The summed E-state index contributed by atoms with van der Waals surface area (Å²) in [6.45, 7) is 4.73. The minimum absolute atomic E-state index is 0.0413. The summed E-state index contributed by atoms with van der Waals surface area (Å²) in [5.74, 6) is 0.182. The largest absolute Gasteiger partial charge is 0.396 e. The highest BCUT2D eigenvalue weighted by Crippen LogP contribution is 2.24. The average molecular weight is 235 g/mol. The van der Waals surface area contributed by atoms with Gasteiger partial charge in [-0.15, -0.1) is 0 Å². The van der Waals surface area contributed by atoms with E-state index in [1.165, 1.54) is 0 Å². The lowest BCUT2D eigenvalue weighted by atomic mass is 9.87. The first kappa shape index (κ1) is 13.7. The number of benzene rings is 1. The van der Waals surface area contributed by atoms with Gasteiger partial charge in [-0.3, -0.25) is 4.79 Å². The number of carbonyl (C=O) groups is 1. The number of amides is 1. The molecule has 17 heavy (non-hydrogen) atoms. The molecule has 1 amide bonds. The number of hydrogen-bond acceptors (Lipinski definition) is 2. The van der Waals surface area contributed by atoms with Gasteiger partial charge >= 0.3 is 0 Å². The third-order valence-electron chi connectivity index (χ3n) is 2.74. The van der Waals surface area contributed by atoms with Gasteiger partial charge in [-0.25, -0.2) is 0 Å². The van der Waals surface area contributed by atoms with Crippen LogP contribution in [0.1, 0.15) is 31.7 Å². The van der Waals surface area contributed by atoms with E-state index in [1.807, 2.05) is 44.2 Å². The van der Waals surface area contributed by atoms with Crippen LogP contribution in [0.5, 0.6) is 0 Å². The van der Waals surface area contributed by atoms with Crippen LogP contribution in [0.4, 0.5) is 0 Å². The van der Waals surface area contributed by atoms with E-state index in [4.69, 9.17) is 5.11 Å². The van der Waals surface area contributed by atoms with Crippen LogP contribution in [-0.2, 0) is 4.79 Å². The molecular formula is C14H21NO2. The summed E-state index contributed by atoms with van der Waals surface area (Å²) in [5.41, 5.74) is 1.05. The van der Waals surface area contributed by atoms with Crippen LogP contribution in [0.15, 0.2) is 30.3 Å². The molecule has 0 aliphatic carbocycles. The lowest BCUT2D eigenvalue weighted by Crippen LogP contribution is -2.33. The molecular weight excluding hydrogens is 214 g/mol. The highest BCUT2D eigenvalue weighted by Gasteiger charge is 2.23. The summed E-state index contributed by atoms with van der Waals surface area (Å²) in [6, 6.07) is 9.81. The maximum atomic E-state index is 12.1. The molecule has 1 atom stereocenters. The van der Waals surface area contributed by atoms with Crippen LogP contribution < -0.4 is 5.32 Å². The molecule has 3 heteroatoms. The number of aliphatic hydroxyl groups is 1. The third kappa shape index (κ3) is 4.19. The van der Waals surface area contributed by atoms with Crippen molar-refractivity contribution in [3.63, 3.8) is 0 Å². The lowest BCUT2D eigenvalue weighted by Gasteiger charge is -2.20. The molecule has 0 spiro atoms. The summed E-state index contributed by atoms with van der Waals surface area (Å²) in [7, 11) is 0. The van der Waals surface area contributed by atoms with Crippen LogP contribution in [-0.4, -0.2) is 24.2 Å². The van der Waals surface area contributed by atoms with E-state index in [-0.39, 0.29) is 24.3 Å². The summed E-state index contributed by atoms with van der Waals surface area (Å²) >= 11 is 0. The lowest BCUT2D eigenvalue weighted by molar-refractivity contribution is -0.123. The van der Waals surface area contributed by atoms with Gasteiger partial charge in [0.15, 0.2) is 0 Å². The standard InChI is InChI=1S/C14H21NO2/c1-11(2)13(12-7-4-3-5-8-12)14(17)15-9-6-10-16/h3-5,7-8,11,13,16H,6,9-10H2,1-2H3,(H,15,17). The van der Waals surface area contributed by atoms with Crippen molar-refractivity contribution in [3.8, 4) is 0 Å². The summed E-state index contributed by atoms with van der Waals surface area (Å²) < 4.78 is 0. The normalized spacial score (nSPS) is 12.5. The van der Waals surface area contributed by atoms with Crippen molar-refractivity contribution in [2.24, 2.45) is 5.92 Å². The molecule has 0 saturated carbocycles. The molecule has 0 aliphatic rings. The first-order valence-corrected chi connectivity index (χ1v) is 6.10.